The standard InChI is InChI=1S/C17H18F3N5O/c1-2-5-22-15-13(9-21-11-17(18,19)20)4-6-23-16(15)14-10-25(12-24-14)7-3-8-26/h2,4-6,9-10,12,26H,1,3,7-8,11H2/b21-9-,22-5+. The number of aliphatic hydroxyl groups excluding tert-OH is 1. The summed E-state index contributed by atoms with van der Waals surface area (Å²) in [6.45, 7) is 2.92. The Hall–Kier alpha value is -2.81. The number of aryl methyl sites for hydroxylation is 1. The van der Waals surface area contributed by atoms with E-state index in [1.165, 1.54) is 24.6 Å². The van der Waals surface area contributed by atoms with E-state index in [4.69, 9.17) is 5.11 Å². The number of nitrogens with zero attached hydrogens (tertiary/aromatic N) is 5. The molecule has 0 saturated carbocycles. The van der Waals surface area contributed by atoms with Crippen molar-refractivity contribution in [2.75, 3.05) is 13.2 Å². The maximum Gasteiger partial charge on any atom is 0.407 e. The molecule has 0 aliphatic heterocycles. The van der Waals surface area contributed by atoms with Gasteiger partial charge in [0.2, 0.25) is 0 Å². The Balaban J connectivity index is 2.39. The van der Waals surface area contributed by atoms with Gasteiger partial charge in [0.15, 0.2) is 0 Å². The van der Waals surface area contributed by atoms with Crippen LogP contribution in [-0.2, 0) is 6.54 Å². The molecule has 1 N–H and O–H groups in total. The van der Waals surface area contributed by atoms with Gasteiger partial charge < -0.3 is 9.67 Å². The number of rotatable bonds is 8. The molecule has 0 aromatic carbocycles. The van der Waals surface area contributed by atoms with Crippen molar-refractivity contribution in [1.29, 1.82) is 0 Å². The molecule has 2 aromatic rings. The number of hydrogen-bond donors (Lipinski definition) is 1. The third kappa shape index (κ3) is 5.62. The van der Waals surface area contributed by atoms with Crippen LogP contribution in [-0.4, -0.2) is 51.4 Å². The lowest BCUT2D eigenvalue weighted by Gasteiger charge is -2.06. The van der Waals surface area contributed by atoms with Crippen molar-refractivity contribution in [2.24, 2.45) is 9.98 Å². The van der Waals surface area contributed by atoms with Gasteiger partial charge in [-0.25, -0.2) is 4.98 Å². The van der Waals surface area contributed by atoms with E-state index in [0.717, 1.165) is 6.21 Å². The summed E-state index contributed by atoms with van der Waals surface area (Å²) in [5.41, 5.74) is 1.68. The van der Waals surface area contributed by atoms with Gasteiger partial charge in [0, 0.05) is 43.5 Å². The number of imidazole rings is 1. The highest BCUT2D eigenvalue weighted by atomic mass is 19.4. The number of hydrogen-bond acceptors (Lipinski definition) is 5. The summed E-state index contributed by atoms with van der Waals surface area (Å²) in [7, 11) is 0. The van der Waals surface area contributed by atoms with E-state index in [1.54, 1.807) is 17.1 Å². The Morgan fingerprint density at radius 1 is 1.31 bits per heavy atom. The summed E-state index contributed by atoms with van der Waals surface area (Å²) >= 11 is 0. The van der Waals surface area contributed by atoms with Crippen LogP contribution in [0.15, 0.2) is 47.4 Å². The van der Waals surface area contributed by atoms with Crippen molar-refractivity contribution in [2.45, 2.75) is 19.1 Å². The first-order chi connectivity index (χ1) is 12.4. The van der Waals surface area contributed by atoms with Crippen LogP contribution in [0, 0.1) is 0 Å². The predicted octanol–water partition coefficient (Wildman–Crippen LogP) is 3.20. The van der Waals surface area contributed by atoms with Crippen molar-refractivity contribution in [3.8, 4) is 11.4 Å². The Morgan fingerprint density at radius 3 is 2.81 bits per heavy atom. The van der Waals surface area contributed by atoms with Gasteiger partial charge in [-0.1, -0.05) is 12.7 Å². The molecular weight excluding hydrogens is 347 g/mol. The first kappa shape index (κ1) is 19.5. The van der Waals surface area contributed by atoms with E-state index in [-0.39, 0.29) is 6.61 Å². The third-order valence-electron chi connectivity index (χ3n) is 3.22. The van der Waals surface area contributed by atoms with Crippen LogP contribution < -0.4 is 0 Å². The number of pyridine rings is 1. The minimum Gasteiger partial charge on any atom is -0.396 e. The number of aliphatic hydroxyl groups is 1. The summed E-state index contributed by atoms with van der Waals surface area (Å²) in [6, 6.07) is 1.53. The van der Waals surface area contributed by atoms with Gasteiger partial charge in [0.05, 0.1) is 12.0 Å². The highest BCUT2D eigenvalue weighted by Crippen LogP contribution is 2.29. The van der Waals surface area contributed by atoms with Crippen LogP contribution in [0.5, 0.6) is 0 Å². The Bertz CT molecular complexity index is 796. The normalized spacial score (nSPS) is 12.3. The Kier molecular flexibility index (Phi) is 6.79. The smallest absolute Gasteiger partial charge is 0.396 e. The number of aliphatic imine (C=N–C) groups is 2. The summed E-state index contributed by atoms with van der Waals surface area (Å²) < 4.78 is 38.7. The molecule has 0 bridgehead atoms. The lowest BCUT2D eigenvalue weighted by atomic mass is 10.1. The zero-order chi connectivity index (χ0) is 19.0. The summed E-state index contributed by atoms with van der Waals surface area (Å²) in [5, 5.41) is 8.90. The number of allylic oxidation sites excluding steroid dienone is 1. The second-order valence-electron chi connectivity index (χ2n) is 5.27. The van der Waals surface area contributed by atoms with Crippen molar-refractivity contribution >= 4 is 18.1 Å². The van der Waals surface area contributed by atoms with Crippen molar-refractivity contribution in [1.82, 2.24) is 14.5 Å². The molecule has 2 aromatic heterocycles. The molecular formula is C17H18F3N5O. The molecule has 0 aliphatic carbocycles. The van der Waals surface area contributed by atoms with Crippen molar-refractivity contribution in [3.63, 3.8) is 0 Å². The molecule has 9 heteroatoms. The van der Waals surface area contributed by atoms with Crippen LogP contribution in [0.25, 0.3) is 11.4 Å². The van der Waals surface area contributed by atoms with E-state index in [9.17, 15) is 13.2 Å². The monoisotopic (exact) mass is 365 g/mol. The maximum absolute atomic E-state index is 12.3. The van der Waals surface area contributed by atoms with Crippen LogP contribution in [0.1, 0.15) is 12.0 Å². The largest absolute Gasteiger partial charge is 0.407 e. The van der Waals surface area contributed by atoms with Crippen molar-refractivity contribution in [3.05, 3.63) is 43.0 Å². The van der Waals surface area contributed by atoms with Crippen LogP contribution in [0.3, 0.4) is 0 Å². The topological polar surface area (TPSA) is 75.7 Å². The van der Waals surface area contributed by atoms with E-state index in [1.807, 2.05) is 0 Å². The van der Waals surface area contributed by atoms with E-state index < -0.39 is 12.7 Å². The number of alkyl halides is 3. The lowest BCUT2D eigenvalue weighted by Crippen LogP contribution is -2.11. The molecule has 0 radical (unpaired) electrons. The molecule has 6 nitrogen and oxygen atoms in total. The van der Waals surface area contributed by atoms with Gasteiger partial charge in [-0.05, 0) is 12.5 Å². The molecule has 0 amide bonds. The average molecular weight is 365 g/mol. The minimum absolute atomic E-state index is 0.0613. The predicted molar refractivity (Wildman–Crippen MR) is 94.0 cm³/mol. The molecule has 0 spiro atoms. The third-order valence-corrected chi connectivity index (χ3v) is 3.22. The molecule has 0 saturated heterocycles. The van der Waals surface area contributed by atoms with Gasteiger partial charge in [0.25, 0.3) is 0 Å². The summed E-state index contributed by atoms with van der Waals surface area (Å²) in [4.78, 5) is 16.2. The van der Waals surface area contributed by atoms with E-state index >= 15 is 0 Å². The number of aromatic nitrogens is 3. The molecule has 26 heavy (non-hydrogen) atoms. The second-order valence-corrected chi connectivity index (χ2v) is 5.27. The lowest BCUT2D eigenvalue weighted by molar-refractivity contribution is -0.118. The zero-order valence-corrected chi connectivity index (χ0v) is 13.9. The highest BCUT2D eigenvalue weighted by Gasteiger charge is 2.26. The maximum atomic E-state index is 12.3. The molecule has 138 valence electrons. The van der Waals surface area contributed by atoms with Gasteiger partial charge >= 0.3 is 6.18 Å². The Morgan fingerprint density at radius 2 is 2.12 bits per heavy atom. The first-order valence-corrected chi connectivity index (χ1v) is 7.78. The molecule has 0 atom stereocenters. The fourth-order valence-corrected chi connectivity index (χ4v) is 2.13. The first-order valence-electron chi connectivity index (χ1n) is 7.78. The Labute approximate surface area is 148 Å². The quantitative estimate of drug-likeness (QED) is 0.730. The molecule has 0 fully saturated rings. The van der Waals surface area contributed by atoms with Crippen LogP contribution >= 0.6 is 0 Å². The number of halogens is 3. The molecule has 0 aliphatic rings. The molecule has 2 rings (SSSR count). The zero-order valence-electron chi connectivity index (χ0n) is 13.9. The highest BCUT2D eigenvalue weighted by molar-refractivity contribution is 5.93. The molecule has 0 unspecified atom stereocenters. The van der Waals surface area contributed by atoms with E-state index in [2.05, 4.69) is 26.5 Å². The fourth-order valence-electron chi connectivity index (χ4n) is 2.13. The SMILES string of the molecule is C=C/C=N/c1c(/C=N\CC(F)(F)F)ccnc1-c1cn(CCCO)cn1. The summed E-state index contributed by atoms with van der Waals surface area (Å²) in [6.07, 6.45) is 5.00. The van der Waals surface area contributed by atoms with Gasteiger partial charge in [-0.2, -0.15) is 13.2 Å². The second kappa shape index (κ2) is 9.04. The summed E-state index contributed by atoms with van der Waals surface area (Å²) in [5.74, 6) is 0. The fraction of sp³-hybridized carbons (Fsp3) is 0.294. The minimum atomic E-state index is -4.37. The molecule has 2 heterocycles. The van der Waals surface area contributed by atoms with Crippen LogP contribution in [0.2, 0.25) is 0 Å². The van der Waals surface area contributed by atoms with Gasteiger partial charge in [0.1, 0.15) is 17.9 Å². The van der Waals surface area contributed by atoms with Crippen LogP contribution in [0.4, 0.5) is 18.9 Å². The van der Waals surface area contributed by atoms with Gasteiger partial charge in [-0.3, -0.25) is 15.0 Å². The van der Waals surface area contributed by atoms with Crippen molar-refractivity contribution < 1.29 is 18.3 Å². The van der Waals surface area contributed by atoms with E-state index in [0.29, 0.717) is 35.6 Å². The average Bonchev–Trinajstić information content (AvgIpc) is 3.06. The van der Waals surface area contributed by atoms with Gasteiger partial charge in [-0.15, -0.1) is 0 Å².